The third-order valence-corrected chi connectivity index (χ3v) is 9.11. The van der Waals surface area contributed by atoms with Gasteiger partial charge in [-0.3, -0.25) is 9.59 Å². The summed E-state index contributed by atoms with van der Waals surface area (Å²) in [6, 6.07) is 17.2. The number of carbonyl (C=O) groups is 3. The molecule has 7 nitrogen and oxygen atoms in total. The van der Waals surface area contributed by atoms with Crippen LogP contribution in [-0.4, -0.2) is 46.2 Å². The number of hydrogen-bond acceptors (Lipinski definition) is 5. The van der Waals surface area contributed by atoms with Crippen LogP contribution < -0.4 is 28.9 Å². The molecule has 8 heteroatoms. The lowest BCUT2D eigenvalue weighted by Gasteiger charge is -2.25. The fraction of sp³-hybridized carbons (Fsp3) is 0.405. The summed E-state index contributed by atoms with van der Waals surface area (Å²) in [7, 11) is 0. The lowest BCUT2D eigenvalue weighted by molar-refractivity contribution is -0.438. The number of nitrogens with zero attached hydrogens (tertiary/aromatic N) is 3. The molecule has 0 aliphatic carbocycles. The van der Waals surface area contributed by atoms with E-state index in [2.05, 4.69) is 123 Å². The van der Waals surface area contributed by atoms with E-state index in [0.29, 0.717) is 11.5 Å². The van der Waals surface area contributed by atoms with Crippen LogP contribution in [0.25, 0.3) is 0 Å². The van der Waals surface area contributed by atoms with Gasteiger partial charge in [-0.25, -0.2) is 4.79 Å². The quantitative estimate of drug-likeness (QED) is 0.115. The Bertz CT molecular complexity index is 1570. The van der Waals surface area contributed by atoms with Gasteiger partial charge in [0.15, 0.2) is 5.71 Å². The highest BCUT2D eigenvalue weighted by Crippen LogP contribution is 2.47. The number of unbranched alkanes of at least 4 members (excludes halogenated alkanes) is 2. The minimum atomic E-state index is -0.537. The highest BCUT2D eigenvalue weighted by Gasteiger charge is 2.44. The summed E-state index contributed by atoms with van der Waals surface area (Å²) < 4.78 is 2.40. The van der Waals surface area contributed by atoms with E-state index in [1.165, 1.54) is 33.9 Å². The molecule has 0 N–H and O–H groups in total. The molecule has 2 aromatic carbocycles. The zero-order chi connectivity index (χ0) is 31.5. The van der Waals surface area contributed by atoms with Crippen molar-refractivity contribution in [3.63, 3.8) is 0 Å². The highest BCUT2D eigenvalue weighted by molar-refractivity contribution is 6.03. The molecule has 1 fully saturated rings. The lowest BCUT2D eigenvalue weighted by atomic mass is 9.81. The number of anilines is 1. The monoisotopic (exact) mass is 721 g/mol. The van der Waals surface area contributed by atoms with E-state index < -0.39 is 17.8 Å². The van der Waals surface area contributed by atoms with Crippen LogP contribution in [0.3, 0.4) is 0 Å². The summed E-state index contributed by atoms with van der Waals surface area (Å²) in [5.74, 6) is -1.43. The number of hydrogen-bond donors (Lipinski definition) is 0. The first-order valence-electron chi connectivity index (χ1n) is 15.8. The average Bonchev–Trinajstić information content (AvgIpc) is 3.52. The van der Waals surface area contributed by atoms with E-state index in [4.69, 9.17) is 4.84 Å². The summed E-state index contributed by atoms with van der Waals surface area (Å²) >= 11 is 0. The Hall–Kier alpha value is -3.53. The number of benzene rings is 2. The van der Waals surface area contributed by atoms with Crippen LogP contribution in [0, 0.1) is 0 Å². The Labute approximate surface area is 284 Å². The first kappa shape index (κ1) is 34.3. The molecular formula is C37H44IN3O4. The summed E-state index contributed by atoms with van der Waals surface area (Å²) in [5, 5.41) is 0.622. The molecule has 3 aliphatic rings. The van der Waals surface area contributed by atoms with Gasteiger partial charge in [-0.05, 0) is 51.3 Å². The molecule has 3 heterocycles. The van der Waals surface area contributed by atoms with Crippen LogP contribution in [0.2, 0.25) is 0 Å². The largest absolute Gasteiger partial charge is 1.00 e. The topological polar surface area (TPSA) is 69.9 Å². The molecular weight excluding hydrogens is 677 g/mol. The molecule has 0 atom stereocenters. The molecule has 2 aromatic rings. The second kappa shape index (κ2) is 14.3. The molecule has 45 heavy (non-hydrogen) atoms. The predicted molar refractivity (Wildman–Crippen MR) is 174 cm³/mol. The smallest absolute Gasteiger partial charge is 0.333 e. The van der Waals surface area contributed by atoms with Crippen molar-refractivity contribution in [3.05, 3.63) is 95.7 Å². The van der Waals surface area contributed by atoms with Crippen LogP contribution in [0.1, 0.15) is 84.3 Å². The Kier molecular flexibility index (Phi) is 10.9. The Balaban J connectivity index is 0.00000461. The number of amides is 2. The van der Waals surface area contributed by atoms with Gasteiger partial charge in [-0.1, -0.05) is 68.5 Å². The number of carbonyl (C=O) groups excluding carboxylic acids is 3. The Morgan fingerprint density at radius 3 is 2.24 bits per heavy atom. The summed E-state index contributed by atoms with van der Waals surface area (Å²) in [5.41, 5.74) is 7.52. The third kappa shape index (κ3) is 6.86. The van der Waals surface area contributed by atoms with Gasteiger partial charge < -0.3 is 33.7 Å². The lowest BCUT2D eigenvalue weighted by Crippen LogP contribution is -3.00. The number of likely N-dealkylation sites (N-methyl/N-ethyl adjacent to an activating group) is 1. The predicted octanol–water partition coefficient (Wildman–Crippen LogP) is 4.05. The van der Waals surface area contributed by atoms with Crippen molar-refractivity contribution in [2.24, 2.45) is 0 Å². The number of hydroxylamine groups is 2. The number of imide groups is 1. The minimum absolute atomic E-state index is 0. The minimum Gasteiger partial charge on any atom is -1.00 e. The fourth-order valence-corrected chi connectivity index (χ4v) is 6.74. The van der Waals surface area contributed by atoms with E-state index in [1.807, 2.05) is 0 Å². The van der Waals surface area contributed by atoms with Crippen molar-refractivity contribution in [1.82, 2.24) is 5.06 Å². The number of rotatable bonds is 11. The number of fused-ring (bicyclic) bond motifs is 2. The molecule has 0 saturated carbocycles. The van der Waals surface area contributed by atoms with Gasteiger partial charge in [-0.2, -0.15) is 4.58 Å². The van der Waals surface area contributed by atoms with Crippen LogP contribution in [0.15, 0.2) is 84.6 Å². The van der Waals surface area contributed by atoms with Crippen molar-refractivity contribution in [1.29, 1.82) is 0 Å². The SMILES string of the molecule is CCN1/C(=C/C=C/C=C/C2=[N+](CCCCCC(=O)ON3C(=O)CCC3=O)c3ccccc3C2(C)C)C(C)(C)c2ccccc21.[I-]. The van der Waals surface area contributed by atoms with E-state index in [1.54, 1.807) is 0 Å². The summed E-state index contributed by atoms with van der Waals surface area (Å²) in [4.78, 5) is 43.0. The van der Waals surface area contributed by atoms with E-state index >= 15 is 0 Å². The normalized spacial score (nSPS) is 19.2. The van der Waals surface area contributed by atoms with Crippen LogP contribution in [0.4, 0.5) is 11.4 Å². The van der Waals surface area contributed by atoms with Gasteiger partial charge >= 0.3 is 5.97 Å². The average molecular weight is 722 g/mol. The summed E-state index contributed by atoms with van der Waals surface area (Å²) in [6.45, 7) is 13.1. The van der Waals surface area contributed by atoms with Crippen LogP contribution in [-0.2, 0) is 30.1 Å². The number of halogens is 1. The maximum absolute atomic E-state index is 12.2. The highest BCUT2D eigenvalue weighted by atomic mass is 127. The molecule has 3 aliphatic heterocycles. The molecule has 1 saturated heterocycles. The Morgan fingerprint density at radius 1 is 0.867 bits per heavy atom. The van der Waals surface area contributed by atoms with Crippen molar-refractivity contribution < 1.29 is 47.8 Å². The van der Waals surface area contributed by atoms with Gasteiger partial charge in [-0.15, -0.1) is 5.06 Å². The van der Waals surface area contributed by atoms with Gasteiger partial charge in [0.05, 0.1) is 5.41 Å². The van der Waals surface area contributed by atoms with Crippen molar-refractivity contribution in [3.8, 4) is 0 Å². The zero-order valence-electron chi connectivity index (χ0n) is 27.0. The first-order chi connectivity index (χ1) is 21.1. The molecule has 0 bridgehead atoms. The third-order valence-electron chi connectivity index (χ3n) is 9.11. The molecule has 0 spiro atoms. The molecule has 2 amide bonds. The second-order valence-electron chi connectivity index (χ2n) is 12.7. The van der Waals surface area contributed by atoms with Crippen molar-refractivity contribution >= 4 is 34.9 Å². The van der Waals surface area contributed by atoms with Crippen LogP contribution >= 0.6 is 0 Å². The van der Waals surface area contributed by atoms with E-state index in [9.17, 15) is 14.4 Å². The maximum Gasteiger partial charge on any atom is 0.333 e. The zero-order valence-corrected chi connectivity index (χ0v) is 29.2. The standard InChI is InChI=1S/C37H44N3O4.HI/c1-6-38-29-19-14-12-17-27(29)36(2,3)31(38)21-9-7-10-22-32-37(4,5)28-18-13-15-20-30(28)39(32)26-16-8-11-23-35(43)44-40-33(41)24-25-34(40)42;/h7,9-10,12-15,17-22H,6,8,11,16,23-26H2,1-5H3;1H/q+1;/p-1. The number of allylic oxidation sites excluding steroid dienone is 6. The molecule has 5 rings (SSSR count). The fourth-order valence-electron chi connectivity index (χ4n) is 6.74. The summed E-state index contributed by atoms with van der Waals surface area (Å²) in [6.07, 6.45) is 13.6. The Morgan fingerprint density at radius 2 is 1.53 bits per heavy atom. The van der Waals surface area contributed by atoms with Gasteiger partial charge in [0.1, 0.15) is 6.54 Å². The molecule has 0 aromatic heterocycles. The van der Waals surface area contributed by atoms with Gasteiger partial charge in [0.25, 0.3) is 11.8 Å². The van der Waals surface area contributed by atoms with Crippen molar-refractivity contribution in [2.45, 2.75) is 84.0 Å². The van der Waals surface area contributed by atoms with Gasteiger partial charge in [0, 0.05) is 66.7 Å². The van der Waals surface area contributed by atoms with Crippen molar-refractivity contribution in [2.75, 3.05) is 18.0 Å². The number of para-hydroxylation sites is 2. The maximum atomic E-state index is 12.2. The first-order valence-corrected chi connectivity index (χ1v) is 15.8. The molecule has 0 radical (unpaired) electrons. The molecule has 0 unspecified atom stereocenters. The second-order valence-corrected chi connectivity index (χ2v) is 12.7. The van der Waals surface area contributed by atoms with Crippen LogP contribution in [0.5, 0.6) is 0 Å². The van der Waals surface area contributed by atoms with Gasteiger partial charge in [0.2, 0.25) is 5.69 Å². The van der Waals surface area contributed by atoms with E-state index in [0.717, 1.165) is 25.9 Å². The molecule has 238 valence electrons. The van der Waals surface area contributed by atoms with E-state index in [-0.39, 0.29) is 54.1 Å².